The van der Waals surface area contributed by atoms with Crippen molar-refractivity contribution in [2.45, 2.75) is 6.42 Å². The number of carbonyl (C=O) groups is 3. The summed E-state index contributed by atoms with van der Waals surface area (Å²) in [5.41, 5.74) is 6.30. The molecule has 0 saturated carbocycles. The van der Waals surface area contributed by atoms with Gasteiger partial charge in [0.25, 0.3) is 0 Å². The Balaban J connectivity index is 0.00000338. The molecule has 152 valence electrons. The molecule has 4 N–H and O–H groups in total. The molecule has 1 aliphatic rings. The summed E-state index contributed by atoms with van der Waals surface area (Å²) in [6.07, 6.45) is 0.252. The van der Waals surface area contributed by atoms with Crippen LogP contribution in [-0.2, 0) is 14.4 Å². The van der Waals surface area contributed by atoms with Crippen LogP contribution in [0.3, 0.4) is 0 Å². The van der Waals surface area contributed by atoms with Crippen LogP contribution in [0.4, 0.5) is 5.69 Å². The van der Waals surface area contributed by atoms with Gasteiger partial charge in [0.1, 0.15) is 0 Å². The van der Waals surface area contributed by atoms with Crippen LogP contribution in [0.1, 0.15) is 6.42 Å². The van der Waals surface area contributed by atoms with Crippen LogP contribution < -0.4 is 21.3 Å². The summed E-state index contributed by atoms with van der Waals surface area (Å²) in [4.78, 5) is 38.8. The van der Waals surface area contributed by atoms with Gasteiger partial charge in [-0.15, -0.1) is 24.8 Å². The number of anilines is 1. The molecule has 10 heteroatoms. The van der Waals surface area contributed by atoms with Crippen molar-refractivity contribution in [3.8, 4) is 0 Å². The van der Waals surface area contributed by atoms with E-state index in [0.29, 0.717) is 13.1 Å². The first kappa shape index (κ1) is 25.0. The molecule has 0 spiro atoms. The first-order valence-corrected chi connectivity index (χ1v) is 8.41. The van der Waals surface area contributed by atoms with Gasteiger partial charge in [-0.1, -0.05) is 18.2 Å². The Morgan fingerprint density at radius 2 is 1.56 bits per heavy atom. The number of hydrogen-bond donors (Lipinski definition) is 3. The second-order valence-electron chi connectivity index (χ2n) is 5.78. The molecule has 1 aromatic carbocycles. The van der Waals surface area contributed by atoms with Crippen molar-refractivity contribution >= 4 is 48.2 Å². The Labute approximate surface area is 171 Å². The Bertz CT molecular complexity index is 595. The maximum Gasteiger partial charge on any atom is 0.239 e. The van der Waals surface area contributed by atoms with Crippen molar-refractivity contribution in [3.05, 3.63) is 30.3 Å². The molecule has 0 aromatic heterocycles. The zero-order valence-corrected chi connectivity index (χ0v) is 16.7. The van der Waals surface area contributed by atoms with E-state index in [9.17, 15) is 14.4 Å². The van der Waals surface area contributed by atoms with Gasteiger partial charge in [-0.2, -0.15) is 0 Å². The lowest BCUT2D eigenvalue weighted by Crippen LogP contribution is -2.49. The molecule has 0 bridgehead atoms. The summed E-state index contributed by atoms with van der Waals surface area (Å²) in [5.74, 6) is -0.690. The molecular weight excluding hydrogens is 393 g/mol. The third kappa shape index (κ3) is 8.47. The highest BCUT2D eigenvalue weighted by Gasteiger charge is 2.20. The fraction of sp³-hybridized carbons (Fsp3) is 0.471. The van der Waals surface area contributed by atoms with E-state index in [2.05, 4.69) is 27.7 Å². The number of nitrogens with one attached hydrogen (secondary N) is 2. The normalized spacial score (nSPS) is 13.1. The predicted octanol–water partition coefficient (Wildman–Crippen LogP) is -0.240. The SMILES string of the molecule is Cl.Cl.NCC(=O)NCC(=O)NCCC(=O)N1CCN(c2ccccc2)CC1. The fourth-order valence-electron chi connectivity index (χ4n) is 2.63. The first-order valence-electron chi connectivity index (χ1n) is 8.41. The Morgan fingerprint density at radius 3 is 2.15 bits per heavy atom. The van der Waals surface area contributed by atoms with E-state index >= 15 is 0 Å². The average Bonchev–Trinajstić information content (AvgIpc) is 2.66. The number of nitrogens with two attached hydrogens (primary N) is 1. The highest BCUT2D eigenvalue weighted by molar-refractivity contribution is 5.86. The Morgan fingerprint density at radius 1 is 0.926 bits per heavy atom. The minimum absolute atomic E-state index is 0. The third-order valence-corrected chi connectivity index (χ3v) is 4.05. The summed E-state index contributed by atoms with van der Waals surface area (Å²) >= 11 is 0. The Kier molecular flexibility index (Phi) is 12.2. The van der Waals surface area contributed by atoms with Crippen molar-refractivity contribution in [2.75, 3.05) is 50.7 Å². The van der Waals surface area contributed by atoms with Crippen LogP contribution in [0.2, 0.25) is 0 Å². The van der Waals surface area contributed by atoms with E-state index in [4.69, 9.17) is 5.73 Å². The van der Waals surface area contributed by atoms with Gasteiger partial charge >= 0.3 is 0 Å². The van der Waals surface area contributed by atoms with E-state index < -0.39 is 0 Å². The lowest BCUT2D eigenvalue weighted by atomic mass is 10.2. The van der Waals surface area contributed by atoms with Crippen LogP contribution >= 0.6 is 24.8 Å². The largest absolute Gasteiger partial charge is 0.368 e. The standard InChI is InChI=1S/C17H25N5O3.2ClH/c18-12-15(23)20-13-16(24)19-7-6-17(25)22-10-8-21(9-11-22)14-4-2-1-3-5-14;;/h1-5H,6-13,18H2,(H,19,24)(H,20,23);2*1H. The average molecular weight is 420 g/mol. The molecular formula is C17H27Cl2N5O3. The van der Waals surface area contributed by atoms with Gasteiger partial charge in [0.15, 0.2) is 0 Å². The number of amides is 3. The smallest absolute Gasteiger partial charge is 0.239 e. The topological polar surface area (TPSA) is 108 Å². The van der Waals surface area contributed by atoms with E-state index in [1.165, 1.54) is 5.69 Å². The second kappa shape index (κ2) is 13.2. The maximum absolute atomic E-state index is 12.2. The number of benzene rings is 1. The first-order chi connectivity index (χ1) is 12.1. The van der Waals surface area contributed by atoms with E-state index in [0.717, 1.165) is 13.1 Å². The van der Waals surface area contributed by atoms with Gasteiger partial charge in [-0.25, -0.2) is 0 Å². The van der Waals surface area contributed by atoms with Crippen LogP contribution in [0, 0.1) is 0 Å². The quantitative estimate of drug-likeness (QED) is 0.565. The van der Waals surface area contributed by atoms with E-state index in [1.807, 2.05) is 23.1 Å². The van der Waals surface area contributed by atoms with Gasteiger partial charge in [-0.3, -0.25) is 14.4 Å². The molecule has 1 aromatic rings. The molecule has 0 aliphatic carbocycles. The van der Waals surface area contributed by atoms with Crippen LogP contribution in [-0.4, -0.2) is 68.4 Å². The minimum atomic E-state index is -0.387. The molecule has 0 atom stereocenters. The molecule has 3 amide bonds. The molecule has 1 fully saturated rings. The Hall–Kier alpha value is -2.03. The van der Waals surface area contributed by atoms with Crippen molar-refractivity contribution in [1.82, 2.24) is 15.5 Å². The van der Waals surface area contributed by atoms with Crippen molar-refractivity contribution in [2.24, 2.45) is 5.73 Å². The summed E-state index contributed by atoms with van der Waals surface area (Å²) < 4.78 is 0. The van der Waals surface area contributed by atoms with E-state index in [1.54, 1.807) is 0 Å². The number of halogens is 2. The monoisotopic (exact) mass is 419 g/mol. The highest BCUT2D eigenvalue weighted by Crippen LogP contribution is 2.15. The van der Waals surface area contributed by atoms with Crippen molar-refractivity contribution in [1.29, 1.82) is 0 Å². The summed E-state index contributed by atoms with van der Waals surface area (Å²) in [6, 6.07) is 10.1. The number of nitrogens with zero attached hydrogens (tertiary/aromatic N) is 2. The molecule has 1 aliphatic heterocycles. The van der Waals surface area contributed by atoms with Crippen molar-refractivity contribution in [3.63, 3.8) is 0 Å². The maximum atomic E-state index is 12.2. The highest BCUT2D eigenvalue weighted by atomic mass is 35.5. The van der Waals surface area contributed by atoms with Gasteiger partial charge in [0, 0.05) is 44.8 Å². The summed E-state index contributed by atoms with van der Waals surface area (Å²) in [5, 5.41) is 4.99. The number of hydrogen-bond acceptors (Lipinski definition) is 5. The zero-order chi connectivity index (χ0) is 18.1. The molecule has 0 unspecified atom stereocenters. The van der Waals surface area contributed by atoms with Crippen molar-refractivity contribution < 1.29 is 14.4 Å². The summed E-state index contributed by atoms with van der Waals surface area (Å²) in [6.45, 7) is 2.93. The molecule has 1 heterocycles. The number of piperazine rings is 1. The molecule has 27 heavy (non-hydrogen) atoms. The number of carbonyl (C=O) groups excluding carboxylic acids is 3. The lowest BCUT2D eigenvalue weighted by molar-refractivity contribution is -0.131. The van der Waals surface area contributed by atoms with Gasteiger partial charge in [-0.05, 0) is 12.1 Å². The van der Waals surface area contributed by atoms with Crippen LogP contribution in [0.25, 0.3) is 0 Å². The third-order valence-electron chi connectivity index (χ3n) is 4.05. The number of rotatable bonds is 7. The predicted molar refractivity (Wildman–Crippen MR) is 109 cm³/mol. The van der Waals surface area contributed by atoms with Crippen LogP contribution in [0.5, 0.6) is 0 Å². The van der Waals surface area contributed by atoms with Gasteiger partial charge < -0.3 is 26.2 Å². The molecule has 0 radical (unpaired) electrons. The minimum Gasteiger partial charge on any atom is -0.368 e. The molecule has 2 rings (SSSR count). The molecule has 8 nitrogen and oxygen atoms in total. The second-order valence-corrected chi connectivity index (χ2v) is 5.78. The lowest BCUT2D eigenvalue weighted by Gasteiger charge is -2.36. The zero-order valence-electron chi connectivity index (χ0n) is 15.1. The fourth-order valence-corrected chi connectivity index (χ4v) is 2.63. The molecule has 1 saturated heterocycles. The van der Waals surface area contributed by atoms with E-state index in [-0.39, 0.29) is 68.6 Å². The number of para-hydroxylation sites is 1. The van der Waals surface area contributed by atoms with Crippen LogP contribution in [0.15, 0.2) is 30.3 Å². The van der Waals surface area contributed by atoms with Gasteiger partial charge in [0.2, 0.25) is 17.7 Å². The van der Waals surface area contributed by atoms with Gasteiger partial charge in [0.05, 0.1) is 13.1 Å². The summed E-state index contributed by atoms with van der Waals surface area (Å²) in [7, 11) is 0.